The van der Waals surface area contributed by atoms with Gasteiger partial charge in [-0.1, -0.05) is 36.4 Å². The molecule has 3 rings (SSSR count). The van der Waals surface area contributed by atoms with Crippen molar-refractivity contribution in [3.8, 4) is 17.2 Å². The molecule has 166 valence electrons. The molecule has 32 heavy (non-hydrogen) atoms. The quantitative estimate of drug-likeness (QED) is 0.428. The summed E-state index contributed by atoms with van der Waals surface area (Å²) < 4.78 is 21.0. The van der Waals surface area contributed by atoms with E-state index < -0.39 is 11.9 Å². The van der Waals surface area contributed by atoms with Crippen molar-refractivity contribution < 1.29 is 28.5 Å². The lowest BCUT2D eigenvalue weighted by atomic mass is 10.0. The van der Waals surface area contributed by atoms with Crippen molar-refractivity contribution >= 4 is 33.9 Å². The van der Waals surface area contributed by atoms with Crippen LogP contribution in [-0.2, 0) is 9.53 Å². The zero-order chi connectivity index (χ0) is 23.3. The number of anilines is 1. The van der Waals surface area contributed by atoms with Crippen molar-refractivity contribution in [1.82, 2.24) is 0 Å². The molecule has 0 radical (unpaired) electrons. The molecule has 0 aliphatic rings. The maximum Gasteiger partial charge on any atom is 0.340 e. The number of rotatable bonds is 7. The normalized spacial score (nSPS) is 11.1. The summed E-state index contributed by atoms with van der Waals surface area (Å²) in [7, 11) is 5.53. The molecule has 0 bridgehead atoms. The summed E-state index contributed by atoms with van der Waals surface area (Å²) in [6.45, 7) is 1.84. The van der Waals surface area contributed by atoms with E-state index in [1.54, 1.807) is 0 Å². The van der Waals surface area contributed by atoms with Crippen molar-refractivity contribution in [2.75, 3.05) is 33.8 Å². The molecule has 7 nitrogen and oxygen atoms in total. The van der Waals surface area contributed by atoms with Crippen molar-refractivity contribution in [3.05, 3.63) is 65.7 Å². The Balaban J connectivity index is 2.00. The number of ether oxygens (including phenoxy) is 4. The Morgan fingerprint density at radius 3 is 2.16 bits per heavy atom. The van der Waals surface area contributed by atoms with Crippen LogP contribution < -0.4 is 19.5 Å². The maximum atomic E-state index is 12.9. The van der Waals surface area contributed by atoms with Gasteiger partial charge in [0.15, 0.2) is 11.5 Å². The third-order valence-electron chi connectivity index (χ3n) is 5.04. The van der Waals surface area contributed by atoms with Gasteiger partial charge in [0, 0.05) is 12.1 Å². The topological polar surface area (TPSA) is 83.1 Å². The molecule has 1 N–H and O–H groups in total. The number of hydrogen-bond donors (Lipinski definition) is 1. The Hall–Kier alpha value is -4.00. The average Bonchev–Trinajstić information content (AvgIpc) is 2.82. The van der Waals surface area contributed by atoms with Crippen LogP contribution in [0.3, 0.4) is 0 Å². The Labute approximate surface area is 186 Å². The third-order valence-corrected chi connectivity index (χ3v) is 5.04. The number of esters is 1. The summed E-state index contributed by atoms with van der Waals surface area (Å²) in [4.78, 5) is 25.3. The van der Waals surface area contributed by atoms with E-state index in [0.717, 1.165) is 21.9 Å². The van der Waals surface area contributed by atoms with Crippen molar-refractivity contribution in [2.24, 2.45) is 0 Å². The van der Waals surface area contributed by atoms with Gasteiger partial charge in [0.2, 0.25) is 11.7 Å². The highest BCUT2D eigenvalue weighted by Crippen LogP contribution is 2.45. The minimum absolute atomic E-state index is 0.0760. The number of benzene rings is 3. The number of fused-ring (bicyclic) bond motifs is 1. The van der Waals surface area contributed by atoms with Crippen LogP contribution in [0.2, 0.25) is 0 Å². The predicted octanol–water partition coefficient (Wildman–Crippen LogP) is 4.69. The van der Waals surface area contributed by atoms with Gasteiger partial charge in [-0.3, -0.25) is 4.79 Å². The number of carbonyl (C=O) groups excluding carboxylic acids is 2. The van der Waals surface area contributed by atoms with Gasteiger partial charge in [0.05, 0.1) is 34.0 Å². The van der Waals surface area contributed by atoms with Crippen LogP contribution in [0.25, 0.3) is 16.3 Å². The number of allylic oxidation sites excluding steroid dienone is 1. The summed E-state index contributed by atoms with van der Waals surface area (Å²) in [5, 5.41) is 4.93. The lowest BCUT2D eigenvalue weighted by Gasteiger charge is -2.18. The van der Waals surface area contributed by atoms with Gasteiger partial charge in [0.1, 0.15) is 5.69 Å². The molecule has 7 heteroatoms. The molecule has 0 atom stereocenters. The van der Waals surface area contributed by atoms with Gasteiger partial charge < -0.3 is 24.3 Å². The van der Waals surface area contributed by atoms with E-state index in [1.165, 1.54) is 40.6 Å². The lowest BCUT2D eigenvalue weighted by Crippen LogP contribution is -2.15. The zero-order valence-corrected chi connectivity index (χ0v) is 18.6. The molecule has 0 aliphatic carbocycles. The molecular formula is C25H25NO6. The molecule has 0 saturated heterocycles. The Morgan fingerprint density at radius 1 is 0.844 bits per heavy atom. The van der Waals surface area contributed by atoms with E-state index in [2.05, 4.69) is 5.32 Å². The molecule has 0 aliphatic heterocycles. The van der Waals surface area contributed by atoms with Gasteiger partial charge >= 0.3 is 5.97 Å². The fourth-order valence-electron chi connectivity index (χ4n) is 3.43. The predicted molar refractivity (Wildman–Crippen MR) is 124 cm³/mol. The van der Waals surface area contributed by atoms with E-state index in [1.807, 2.05) is 49.4 Å². The molecule has 0 aromatic heterocycles. The first-order valence-corrected chi connectivity index (χ1v) is 9.83. The third kappa shape index (κ3) is 4.51. The van der Waals surface area contributed by atoms with Crippen LogP contribution in [-0.4, -0.2) is 40.3 Å². The number of nitrogens with one attached hydrogen (secondary N) is 1. The van der Waals surface area contributed by atoms with E-state index in [-0.39, 0.29) is 28.5 Å². The summed E-state index contributed by atoms with van der Waals surface area (Å²) >= 11 is 0. The first-order valence-electron chi connectivity index (χ1n) is 9.83. The fourth-order valence-corrected chi connectivity index (χ4v) is 3.43. The van der Waals surface area contributed by atoms with Crippen LogP contribution in [0, 0.1) is 0 Å². The van der Waals surface area contributed by atoms with Crippen molar-refractivity contribution in [3.63, 3.8) is 0 Å². The van der Waals surface area contributed by atoms with Crippen LogP contribution in [0.1, 0.15) is 22.8 Å². The number of carbonyl (C=O) groups is 2. The molecule has 0 fully saturated rings. The maximum absolute atomic E-state index is 12.9. The summed E-state index contributed by atoms with van der Waals surface area (Å²) in [5.74, 6) is -0.433. The van der Waals surface area contributed by atoms with Crippen LogP contribution in [0.5, 0.6) is 17.2 Å². The van der Waals surface area contributed by atoms with Crippen molar-refractivity contribution in [2.45, 2.75) is 6.92 Å². The highest BCUT2D eigenvalue weighted by molar-refractivity contribution is 6.09. The van der Waals surface area contributed by atoms with E-state index >= 15 is 0 Å². The smallest absolute Gasteiger partial charge is 0.340 e. The highest BCUT2D eigenvalue weighted by atomic mass is 16.5. The molecule has 0 saturated carbocycles. The SMILES string of the molecule is COC(=O)c1cc(OC)c(OC)c(OC)c1NC(=O)/C=C(/C)c1ccc2ccccc2c1. The first kappa shape index (κ1) is 22.7. The molecule has 0 heterocycles. The fraction of sp³-hybridized carbons (Fsp3) is 0.200. The summed E-state index contributed by atoms with van der Waals surface area (Å²) in [6.07, 6.45) is 1.46. The minimum atomic E-state index is -0.658. The Kier molecular flexibility index (Phi) is 7.00. The number of amides is 1. The second-order valence-electron chi connectivity index (χ2n) is 6.94. The molecule has 1 amide bonds. The van der Waals surface area contributed by atoms with Gasteiger partial charge in [-0.2, -0.15) is 0 Å². The van der Waals surface area contributed by atoms with E-state index in [0.29, 0.717) is 0 Å². The summed E-state index contributed by atoms with van der Waals surface area (Å²) in [5.41, 5.74) is 1.87. The van der Waals surface area contributed by atoms with Gasteiger partial charge in [-0.05, 0) is 34.9 Å². The van der Waals surface area contributed by atoms with E-state index in [4.69, 9.17) is 18.9 Å². The largest absolute Gasteiger partial charge is 0.493 e. The standard InChI is InChI=1S/C25H25NO6/c1-15(17-11-10-16-8-6-7-9-18(16)13-17)12-21(27)26-22-19(25(28)32-5)14-20(29-2)23(30-3)24(22)31-4/h6-14H,1-5H3,(H,26,27)/b15-12-. The second-order valence-corrected chi connectivity index (χ2v) is 6.94. The number of hydrogen-bond acceptors (Lipinski definition) is 6. The van der Waals surface area contributed by atoms with Crippen LogP contribution in [0.15, 0.2) is 54.6 Å². The monoisotopic (exact) mass is 435 g/mol. The van der Waals surface area contributed by atoms with Crippen LogP contribution >= 0.6 is 0 Å². The molecule has 0 spiro atoms. The second kappa shape index (κ2) is 9.87. The summed E-state index contributed by atoms with van der Waals surface area (Å²) in [6, 6.07) is 15.4. The average molecular weight is 435 g/mol. The van der Waals surface area contributed by atoms with Gasteiger partial charge in [-0.15, -0.1) is 0 Å². The number of methoxy groups -OCH3 is 4. The minimum Gasteiger partial charge on any atom is -0.493 e. The lowest BCUT2D eigenvalue weighted by molar-refractivity contribution is -0.111. The van der Waals surface area contributed by atoms with Crippen LogP contribution in [0.4, 0.5) is 5.69 Å². The highest BCUT2D eigenvalue weighted by Gasteiger charge is 2.26. The Bertz CT molecular complexity index is 1200. The van der Waals surface area contributed by atoms with Gasteiger partial charge in [-0.25, -0.2) is 4.79 Å². The molecule has 0 unspecified atom stereocenters. The molecular weight excluding hydrogens is 410 g/mol. The van der Waals surface area contributed by atoms with Crippen molar-refractivity contribution in [1.29, 1.82) is 0 Å². The molecule has 3 aromatic rings. The van der Waals surface area contributed by atoms with E-state index in [9.17, 15) is 9.59 Å². The molecule has 3 aromatic carbocycles. The zero-order valence-electron chi connectivity index (χ0n) is 18.6. The Morgan fingerprint density at radius 2 is 1.53 bits per heavy atom. The van der Waals surface area contributed by atoms with Gasteiger partial charge in [0.25, 0.3) is 0 Å². The first-order chi connectivity index (χ1) is 15.4.